The van der Waals surface area contributed by atoms with Gasteiger partial charge in [-0.25, -0.2) is 8.42 Å². The molecule has 26 heavy (non-hydrogen) atoms. The second-order valence-electron chi connectivity index (χ2n) is 6.33. The molecule has 1 atom stereocenters. The SMILES string of the molecule is O=S1(=O)CCC(Cc2nnc(SCc3cc(Cl)c4c(c3)OCCO4)o2)C1. The van der Waals surface area contributed by atoms with Crippen LogP contribution >= 0.6 is 23.4 Å². The number of benzene rings is 1. The molecule has 0 amide bonds. The molecule has 1 fully saturated rings. The average molecular weight is 417 g/mol. The molecule has 1 aromatic heterocycles. The Morgan fingerprint density at radius 1 is 1.23 bits per heavy atom. The third-order valence-electron chi connectivity index (χ3n) is 4.26. The van der Waals surface area contributed by atoms with E-state index in [1.165, 1.54) is 11.8 Å². The maximum absolute atomic E-state index is 11.5. The molecule has 1 saturated heterocycles. The molecule has 2 aliphatic rings. The van der Waals surface area contributed by atoms with Crippen LogP contribution in [-0.2, 0) is 22.0 Å². The summed E-state index contributed by atoms with van der Waals surface area (Å²) in [4.78, 5) is 0. The van der Waals surface area contributed by atoms with Gasteiger partial charge in [0.1, 0.15) is 13.2 Å². The highest BCUT2D eigenvalue weighted by Crippen LogP contribution is 2.39. The fourth-order valence-electron chi connectivity index (χ4n) is 3.05. The summed E-state index contributed by atoms with van der Waals surface area (Å²) in [5.41, 5.74) is 0.964. The zero-order valence-corrected chi connectivity index (χ0v) is 16.2. The van der Waals surface area contributed by atoms with Gasteiger partial charge >= 0.3 is 0 Å². The summed E-state index contributed by atoms with van der Waals surface area (Å²) in [7, 11) is -2.90. The van der Waals surface area contributed by atoms with Gasteiger partial charge in [-0.15, -0.1) is 10.2 Å². The monoisotopic (exact) mass is 416 g/mol. The van der Waals surface area contributed by atoms with Crippen molar-refractivity contribution in [2.75, 3.05) is 24.7 Å². The molecule has 140 valence electrons. The Kier molecular flexibility index (Phi) is 5.02. The van der Waals surface area contributed by atoms with Crippen molar-refractivity contribution in [1.82, 2.24) is 10.2 Å². The van der Waals surface area contributed by atoms with Crippen LogP contribution in [0, 0.1) is 5.92 Å². The molecule has 4 rings (SSSR count). The van der Waals surface area contributed by atoms with Crippen molar-refractivity contribution in [3.63, 3.8) is 0 Å². The van der Waals surface area contributed by atoms with E-state index in [0.29, 0.717) is 59.4 Å². The Hall–Kier alpha value is -1.45. The van der Waals surface area contributed by atoms with Crippen molar-refractivity contribution in [2.45, 2.75) is 23.8 Å². The first-order valence-corrected chi connectivity index (χ1v) is 11.4. The highest BCUT2D eigenvalue weighted by Gasteiger charge is 2.29. The van der Waals surface area contributed by atoms with Crippen LogP contribution in [0.3, 0.4) is 0 Å². The van der Waals surface area contributed by atoms with Gasteiger partial charge in [0.25, 0.3) is 5.22 Å². The fraction of sp³-hybridized carbons (Fsp3) is 0.500. The van der Waals surface area contributed by atoms with E-state index in [1.54, 1.807) is 0 Å². The molecule has 0 radical (unpaired) electrons. The first-order chi connectivity index (χ1) is 12.5. The molecule has 2 aromatic rings. The normalized spacial score (nSPS) is 21.0. The van der Waals surface area contributed by atoms with Gasteiger partial charge in [0, 0.05) is 12.2 Å². The van der Waals surface area contributed by atoms with Crippen LogP contribution in [0.2, 0.25) is 5.02 Å². The lowest BCUT2D eigenvalue weighted by Crippen LogP contribution is -2.15. The molecule has 0 aliphatic carbocycles. The Bertz CT molecular complexity index is 915. The third-order valence-corrected chi connectivity index (χ3v) is 7.26. The van der Waals surface area contributed by atoms with E-state index < -0.39 is 9.84 Å². The Labute approximate surface area is 160 Å². The van der Waals surface area contributed by atoms with Gasteiger partial charge in [0.05, 0.1) is 16.5 Å². The van der Waals surface area contributed by atoms with Crippen molar-refractivity contribution in [1.29, 1.82) is 0 Å². The topological polar surface area (TPSA) is 91.5 Å². The van der Waals surface area contributed by atoms with Crippen LogP contribution in [0.15, 0.2) is 21.8 Å². The summed E-state index contributed by atoms with van der Waals surface area (Å²) in [6.45, 7) is 0.998. The quantitative estimate of drug-likeness (QED) is 0.687. The maximum Gasteiger partial charge on any atom is 0.276 e. The molecular weight excluding hydrogens is 400 g/mol. The van der Waals surface area contributed by atoms with Crippen molar-refractivity contribution >= 4 is 33.2 Å². The van der Waals surface area contributed by atoms with Gasteiger partial charge in [-0.2, -0.15) is 0 Å². The first-order valence-electron chi connectivity index (χ1n) is 8.22. The van der Waals surface area contributed by atoms with Crippen LogP contribution in [0.1, 0.15) is 17.9 Å². The van der Waals surface area contributed by atoms with Gasteiger partial charge < -0.3 is 13.9 Å². The van der Waals surface area contributed by atoms with Crippen LogP contribution in [-0.4, -0.2) is 43.3 Å². The third kappa shape index (κ3) is 4.10. The van der Waals surface area contributed by atoms with Gasteiger partial charge in [0.15, 0.2) is 21.3 Å². The number of hydrogen-bond acceptors (Lipinski definition) is 8. The summed E-state index contributed by atoms with van der Waals surface area (Å²) in [5, 5.41) is 9.02. The second-order valence-corrected chi connectivity index (χ2v) is 9.89. The summed E-state index contributed by atoms with van der Waals surface area (Å²) < 4.78 is 39.8. The lowest BCUT2D eigenvalue weighted by atomic mass is 10.1. The summed E-state index contributed by atoms with van der Waals surface area (Å²) in [6.07, 6.45) is 1.16. The molecule has 0 spiro atoms. The highest BCUT2D eigenvalue weighted by atomic mass is 35.5. The highest BCUT2D eigenvalue weighted by molar-refractivity contribution is 7.98. The molecule has 0 saturated carbocycles. The van der Waals surface area contributed by atoms with E-state index in [2.05, 4.69) is 10.2 Å². The van der Waals surface area contributed by atoms with E-state index in [4.69, 9.17) is 25.5 Å². The Morgan fingerprint density at radius 2 is 2.08 bits per heavy atom. The number of nitrogens with zero attached hydrogens (tertiary/aromatic N) is 2. The number of halogens is 1. The molecule has 0 N–H and O–H groups in total. The van der Waals surface area contributed by atoms with Crippen molar-refractivity contribution < 1.29 is 22.3 Å². The number of thioether (sulfide) groups is 1. The number of aromatic nitrogens is 2. The first kappa shape index (κ1) is 17.9. The molecule has 0 bridgehead atoms. The molecule has 7 nitrogen and oxygen atoms in total. The maximum atomic E-state index is 11.5. The average Bonchev–Trinajstić information content (AvgIpc) is 3.19. The fourth-order valence-corrected chi connectivity index (χ4v) is 5.91. The lowest BCUT2D eigenvalue weighted by molar-refractivity contribution is 0.171. The minimum absolute atomic E-state index is 0.0647. The van der Waals surface area contributed by atoms with Crippen LogP contribution in [0.25, 0.3) is 0 Å². The van der Waals surface area contributed by atoms with E-state index in [9.17, 15) is 8.42 Å². The van der Waals surface area contributed by atoms with Crippen molar-refractivity contribution in [3.05, 3.63) is 28.6 Å². The number of ether oxygens (including phenoxy) is 2. The van der Waals surface area contributed by atoms with E-state index in [1.807, 2.05) is 12.1 Å². The van der Waals surface area contributed by atoms with E-state index in [0.717, 1.165) is 5.56 Å². The molecule has 1 unspecified atom stereocenters. The zero-order chi connectivity index (χ0) is 18.1. The number of hydrogen-bond donors (Lipinski definition) is 0. The molecule has 1 aromatic carbocycles. The predicted octanol–water partition coefficient (Wildman–Crippen LogP) is 2.76. The predicted molar refractivity (Wildman–Crippen MR) is 96.8 cm³/mol. The summed E-state index contributed by atoms with van der Waals surface area (Å²) >= 11 is 7.63. The molecule has 10 heteroatoms. The zero-order valence-electron chi connectivity index (χ0n) is 13.8. The Balaban J connectivity index is 1.37. The summed E-state index contributed by atoms with van der Waals surface area (Å²) in [6, 6.07) is 3.73. The van der Waals surface area contributed by atoms with Gasteiger partial charge in [0.2, 0.25) is 5.89 Å². The molecular formula is C16H17ClN2O5S2. The van der Waals surface area contributed by atoms with Gasteiger partial charge in [-0.1, -0.05) is 23.4 Å². The Morgan fingerprint density at radius 3 is 2.88 bits per heavy atom. The van der Waals surface area contributed by atoms with E-state index in [-0.39, 0.29) is 17.4 Å². The minimum Gasteiger partial charge on any atom is -0.486 e. The molecule has 3 heterocycles. The largest absolute Gasteiger partial charge is 0.486 e. The second kappa shape index (κ2) is 7.28. The number of fused-ring (bicyclic) bond motifs is 1. The minimum atomic E-state index is -2.90. The molecule has 2 aliphatic heterocycles. The standard InChI is InChI=1S/C16H17ClN2O5S2/c17-12-5-11(6-13-15(12)23-3-2-22-13)8-25-16-19-18-14(24-16)7-10-1-4-26(20,21)9-10/h5-6,10H,1-4,7-9H2. The van der Waals surface area contributed by atoms with E-state index >= 15 is 0 Å². The number of sulfone groups is 1. The summed E-state index contributed by atoms with van der Waals surface area (Å²) in [5.74, 6) is 2.82. The number of rotatable bonds is 5. The van der Waals surface area contributed by atoms with Gasteiger partial charge in [-0.3, -0.25) is 0 Å². The lowest BCUT2D eigenvalue weighted by Gasteiger charge is -2.20. The van der Waals surface area contributed by atoms with Crippen LogP contribution in [0.5, 0.6) is 11.5 Å². The van der Waals surface area contributed by atoms with Crippen LogP contribution in [0.4, 0.5) is 0 Å². The van der Waals surface area contributed by atoms with Crippen molar-refractivity contribution in [3.8, 4) is 11.5 Å². The van der Waals surface area contributed by atoms with Crippen LogP contribution < -0.4 is 9.47 Å². The van der Waals surface area contributed by atoms with Gasteiger partial charge in [-0.05, 0) is 30.0 Å². The smallest absolute Gasteiger partial charge is 0.276 e. The van der Waals surface area contributed by atoms with Crippen molar-refractivity contribution in [2.24, 2.45) is 5.92 Å².